The van der Waals surface area contributed by atoms with E-state index < -0.39 is 166 Å². The van der Waals surface area contributed by atoms with E-state index in [0.29, 0.717) is 44.6 Å². The van der Waals surface area contributed by atoms with Crippen molar-refractivity contribution in [3.63, 3.8) is 0 Å². The van der Waals surface area contributed by atoms with Crippen molar-refractivity contribution in [2.24, 2.45) is 0 Å². The summed E-state index contributed by atoms with van der Waals surface area (Å²) in [5.74, 6) is 1.02. The van der Waals surface area contributed by atoms with Crippen molar-refractivity contribution in [3.05, 3.63) is 296 Å². The number of hydrogen-bond acceptors (Lipinski definition) is 3. The van der Waals surface area contributed by atoms with Crippen molar-refractivity contribution in [1.82, 2.24) is 14.1 Å². The summed E-state index contributed by atoms with van der Waals surface area (Å²) in [5.41, 5.74) is -0.248. The van der Waals surface area contributed by atoms with Gasteiger partial charge in [-0.1, -0.05) is 216 Å². The number of para-hydroxylation sites is 2. The number of fused-ring (bicyclic) bond motifs is 13. The zero-order valence-electron chi connectivity index (χ0n) is 71.7. The van der Waals surface area contributed by atoms with Crippen molar-refractivity contribution in [2.75, 3.05) is 0 Å². The normalized spacial score (nSPS) is 15.3. The van der Waals surface area contributed by atoms with Gasteiger partial charge in [0.1, 0.15) is 17.0 Å². The molecule has 5 heterocycles. The number of nitrogens with zero attached hydrogens (tertiary/aromatic N) is 4. The van der Waals surface area contributed by atoms with E-state index in [1.165, 1.54) is 12.1 Å². The van der Waals surface area contributed by atoms with E-state index in [1.807, 2.05) is 116 Å². The zero-order chi connectivity index (χ0) is 80.3. The van der Waals surface area contributed by atoms with Gasteiger partial charge in [0.15, 0.2) is 0 Å². The van der Waals surface area contributed by atoms with Crippen LogP contribution in [0.2, 0.25) is 0 Å². The largest absolute Gasteiger partial charge is 0.510 e. The summed E-state index contributed by atoms with van der Waals surface area (Å²) < 4.78 is 219. The second-order valence-corrected chi connectivity index (χ2v) is 24.7. The van der Waals surface area contributed by atoms with Crippen molar-refractivity contribution in [2.45, 2.75) is 52.4 Å². The molecule has 0 atom stereocenters. The number of rotatable bonds is 8. The minimum atomic E-state index is -0.927. The summed E-state index contributed by atoms with van der Waals surface area (Å²) in [4.78, 5) is 4.87. The van der Waals surface area contributed by atoms with Gasteiger partial charge < -0.3 is 18.3 Å². The van der Waals surface area contributed by atoms with Crippen molar-refractivity contribution >= 4 is 54.8 Å². The summed E-state index contributed by atoms with van der Waals surface area (Å²) in [6.07, 6.45) is 5.40. The van der Waals surface area contributed by atoms with Gasteiger partial charge in [0.2, 0.25) is 0 Å². The van der Waals surface area contributed by atoms with Gasteiger partial charge in [-0.05, 0) is 172 Å². The molecule has 0 spiro atoms. The molecule has 0 unspecified atom stereocenters. The Kier molecular flexibility index (Phi) is 9.34. The van der Waals surface area contributed by atoms with E-state index in [-0.39, 0.29) is 93.8 Å². The first-order valence-corrected chi connectivity index (χ1v) is 29.9. The van der Waals surface area contributed by atoms with Gasteiger partial charge in [-0.25, -0.2) is 4.98 Å². The van der Waals surface area contributed by atoms with E-state index in [0.717, 1.165) is 27.2 Å². The second kappa shape index (κ2) is 22.3. The summed E-state index contributed by atoms with van der Waals surface area (Å²) in [6, 6.07) is 30.2. The smallest absolute Gasteiger partial charge is 0.268 e. The minimum Gasteiger partial charge on any atom is -0.510 e. The topological polar surface area (TPSA) is 49.0 Å². The number of aromatic nitrogens is 4. The molecule has 12 aromatic carbocycles. The molecular formula is C86H62N4O2Pt-2. The van der Waals surface area contributed by atoms with Crippen LogP contribution in [0.5, 0.6) is 11.5 Å². The first-order valence-electron chi connectivity index (χ1n) is 40.4. The van der Waals surface area contributed by atoms with Crippen LogP contribution in [0, 0.1) is 18.5 Å². The Bertz CT molecular complexity index is 6820. The summed E-state index contributed by atoms with van der Waals surface area (Å²) >= 11 is 0. The van der Waals surface area contributed by atoms with Crippen molar-refractivity contribution in [1.29, 1.82) is 0 Å². The Balaban J connectivity index is 0.00000979. The molecule has 17 rings (SSSR count). The Morgan fingerprint density at radius 3 is 1.75 bits per heavy atom. The molecule has 7 heteroatoms. The van der Waals surface area contributed by atoms with Gasteiger partial charge in [0.25, 0.3) is 6.33 Å². The summed E-state index contributed by atoms with van der Waals surface area (Å²) in [5, 5.41) is 3.26. The molecule has 0 amide bonds. The number of benzene rings is 12. The van der Waals surface area contributed by atoms with Crippen molar-refractivity contribution < 1.29 is 63.6 Å². The molecule has 0 radical (unpaired) electrons. The van der Waals surface area contributed by atoms with Crippen LogP contribution < -0.4 is 9.30 Å². The van der Waals surface area contributed by atoms with Crippen LogP contribution in [-0.2, 0) is 31.9 Å². The quantitative estimate of drug-likeness (QED) is 0.113. The van der Waals surface area contributed by atoms with Gasteiger partial charge in [0, 0.05) is 55.1 Å². The van der Waals surface area contributed by atoms with Crippen LogP contribution >= 0.6 is 0 Å². The SMILES string of the molecule is [2H]c1c([2H])c([2H])c(-c2c([2H])c(-c3cc4c5c(c3)n(-c3[c-]c(Oc6[c-]c7c(cc6)c6ccccc6n7-c6cc(C(C)(C)C)ccn6)ccc3)[c-][n+]5-c3c(-c5ccc6oc7ccccc7c6c5)cc(C(C)(C)C)cc3-c3c([2H])c([2H])c([2H])c([2H])c3-c3c([2H])c([2H])c([2H])c([2H])c3-4)c([2H])c(-c3c([2H])c([2H])c([2H])c([2H])c3[2H])c2[2H])c([2H])c1[2H].[Pt]. The van der Waals surface area contributed by atoms with Crippen LogP contribution in [0.4, 0.5) is 0 Å². The van der Waals surface area contributed by atoms with Crippen LogP contribution in [0.3, 0.4) is 0 Å². The summed E-state index contributed by atoms with van der Waals surface area (Å²) in [6.45, 7) is 12.3. The van der Waals surface area contributed by atoms with E-state index in [4.69, 9.17) is 22.4 Å². The molecule has 1 aliphatic heterocycles. The predicted molar refractivity (Wildman–Crippen MR) is 376 cm³/mol. The predicted octanol–water partition coefficient (Wildman–Crippen LogP) is 22.1. The molecule has 0 N–H and O–H groups in total. The molecule has 0 saturated carbocycles. The number of pyridine rings is 1. The molecule has 16 aromatic rings. The minimum absolute atomic E-state index is 0. The maximum Gasteiger partial charge on any atom is 0.268 e. The number of hydrogen-bond donors (Lipinski definition) is 0. The molecule has 0 fully saturated rings. The Hall–Kier alpha value is -10.7. The maximum atomic E-state index is 10.5. The fourth-order valence-electron chi connectivity index (χ4n) is 12.5. The molecule has 0 saturated heterocycles. The molecule has 6 nitrogen and oxygen atoms in total. The standard InChI is InChI=1S/C86H62N4O2.Pt/c1-85(2,3)61-40-41-87-82(50-61)90-77-34-19-17-32-70(77)71-38-37-65(52-78(71)90)91-64-27-21-26-63(51-64)88-53-89-83-73(56-36-39-81-74(45-56)72-33-18-20-35-80(72)92-81)48-62(86(4,5)6)49-76(83)69-31-16-14-29-67(69)66-28-13-15-30-68(66)75-46-60(47-79(88)84(75)89)59-43-57(54-22-9-7-10-23-54)42-58(44-59)55-24-11-8-12-25-55;/h7-50H,1-6H3;/q-2;/i7D,8D,9D,10D,11D,12D,13D,14D,15D,16D,22D,23D,24D,25D,28D,29D,30D,31D,42D,43D,44D;. The first-order chi connectivity index (χ1) is 53.6. The second-order valence-electron chi connectivity index (χ2n) is 24.7. The van der Waals surface area contributed by atoms with Crippen LogP contribution in [0.1, 0.15) is 81.5 Å². The van der Waals surface area contributed by atoms with E-state index in [1.54, 1.807) is 45.7 Å². The van der Waals surface area contributed by atoms with Gasteiger partial charge >= 0.3 is 0 Å². The van der Waals surface area contributed by atoms with Crippen LogP contribution in [0.25, 0.3) is 150 Å². The zero-order valence-corrected chi connectivity index (χ0v) is 53.0. The van der Waals surface area contributed by atoms with E-state index in [2.05, 4.69) is 39.2 Å². The molecular weight excluding hydrogens is 1320 g/mol. The average Bonchev–Trinajstić information content (AvgIpc) is 1.51. The Morgan fingerprint density at radius 1 is 0.452 bits per heavy atom. The molecule has 450 valence electrons. The van der Waals surface area contributed by atoms with Crippen LogP contribution in [0.15, 0.2) is 271 Å². The fourth-order valence-corrected chi connectivity index (χ4v) is 12.5. The third-order valence-electron chi connectivity index (χ3n) is 17.0. The third kappa shape index (κ3) is 9.91. The molecule has 0 bridgehead atoms. The van der Waals surface area contributed by atoms with Gasteiger partial charge in [0.05, 0.1) is 45.5 Å². The van der Waals surface area contributed by atoms with Crippen LogP contribution in [-0.4, -0.2) is 14.1 Å². The van der Waals surface area contributed by atoms with Gasteiger partial charge in [-0.3, -0.25) is 4.57 Å². The number of furan rings is 1. The van der Waals surface area contributed by atoms with Gasteiger partial charge in [-0.2, -0.15) is 18.2 Å². The third-order valence-corrected chi connectivity index (χ3v) is 17.0. The summed E-state index contributed by atoms with van der Waals surface area (Å²) in [7, 11) is 0. The maximum absolute atomic E-state index is 10.5. The Labute approximate surface area is 585 Å². The molecule has 93 heavy (non-hydrogen) atoms. The number of ether oxygens (including phenoxy) is 1. The monoisotopic (exact) mass is 1400 g/mol. The first kappa shape index (κ1) is 38.9. The van der Waals surface area contributed by atoms with E-state index >= 15 is 0 Å². The Morgan fingerprint density at radius 2 is 1.05 bits per heavy atom. The molecule has 1 aliphatic rings. The van der Waals surface area contributed by atoms with Crippen molar-refractivity contribution in [3.8, 4) is 107 Å². The fraction of sp³-hybridized carbons (Fsp3) is 0.0930. The number of imidazole rings is 1. The van der Waals surface area contributed by atoms with E-state index in [9.17, 15) is 20.6 Å². The van der Waals surface area contributed by atoms with Gasteiger partial charge in [-0.15, -0.1) is 29.7 Å². The molecule has 0 aliphatic carbocycles. The molecule has 4 aromatic heterocycles. The average molecular weight is 1400 g/mol.